The van der Waals surface area contributed by atoms with Gasteiger partial charge in [0.2, 0.25) is 0 Å². The molecule has 18 heavy (non-hydrogen) atoms. The van der Waals surface area contributed by atoms with Gasteiger partial charge in [-0.1, -0.05) is 5.16 Å². The van der Waals surface area contributed by atoms with Gasteiger partial charge in [0.15, 0.2) is 5.84 Å². The predicted molar refractivity (Wildman–Crippen MR) is 70.2 cm³/mol. The second kappa shape index (κ2) is 6.25. The largest absolute Gasteiger partial charge is 0.409 e. The number of ether oxygens (including phenoxy) is 1. The third kappa shape index (κ3) is 2.73. The summed E-state index contributed by atoms with van der Waals surface area (Å²) >= 11 is 0. The molecule has 0 spiro atoms. The van der Waals surface area contributed by atoms with Gasteiger partial charge < -0.3 is 20.6 Å². The number of anilines is 1. The third-order valence-electron chi connectivity index (χ3n) is 2.80. The van der Waals surface area contributed by atoms with Crippen molar-refractivity contribution >= 4 is 11.7 Å². The number of nitrogens with two attached hydrogens (primary N) is 1. The summed E-state index contributed by atoms with van der Waals surface area (Å²) in [5.74, 6) is 0.911. The van der Waals surface area contributed by atoms with Gasteiger partial charge in [-0.15, -0.1) is 0 Å². The highest BCUT2D eigenvalue weighted by molar-refractivity contribution is 6.02. The van der Waals surface area contributed by atoms with Crippen molar-refractivity contribution in [2.75, 3.05) is 31.7 Å². The van der Waals surface area contributed by atoms with E-state index >= 15 is 0 Å². The van der Waals surface area contributed by atoms with Crippen LogP contribution in [-0.4, -0.2) is 47.6 Å². The van der Waals surface area contributed by atoms with Gasteiger partial charge in [0, 0.05) is 27.2 Å². The molecule has 0 aliphatic rings. The van der Waals surface area contributed by atoms with Crippen molar-refractivity contribution in [3.63, 3.8) is 0 Å². The molecule has 0 atom stereocenters. The highest BCUT2D eigenvalue weighted by atomic mass is 16.5. The lowest BCUT2D eigenvalue weighted by Gasteiger charge is -2.23. The lowest BCUT2D eigenvalue weighted by molar-refractivity contribution is 0.205. The SMILES string of the molecule is CCN(CCOC)c1c(C(N)=NO)c(C)nn1C. The fourth-order valence-electron chi connectivity index (χ4n) is 1.97. The number of aryl methyl sites for hydroxylation is 2. The molecule has 0 aliphatic carbocycles. The summed E-state index contributed by atoms with van der Waals surface area (Å²) in [5.41, 5.74) is 7.12. The van der Waals surface area contributed by atoms with E-state index in [4.69, 9.17) is 15.7 Å². The molecule has 0 unspecified atom stereocenters. The molecule has 0 fully saturated rings. The number of rotatable bonds is 6. The normalized spacial score (nSPS) is 11.9. The maximum absolute atomic E-state index is 8.86. The summed E-state index contributed by atoms with van der Waals surface area (Å²) in [6.45, 7) is 5.98. The second-order valence-electron chi connectivity index (χ2n) is 3.97. The Morgan fingerprint density at radius 1 is 1.61 bits per heavy atom. The van der Waals surface area contributed by atoms with Crippen molar-refractivity contribution in [2.45, 2.75) is 13.8 Å². The Labute approximate surface area is 107 Å². The van der Waals surface area contributed by atoms with Gasteiger partial charge in [0.05, 0.1) is 17.9 Å². The second-order valence-corrected chi connectivity index (χ2v) is 3.97. The zero-order valence-corrected chi connectivity index (χ0v) is 11.3. The summed E-state index contributed by atoms with van der Waals surface area (Å²) in [7, 11) is 3.50. The van der Waals surface area contributed by atoms with E-state index in [0.29, 0.717) is 12.2 Å². The van der Waals surface area contributed by atoms with E-state index in [2.05, 4.69) is 15.2 Å². The van der Waals surface area contributed by atoms with Gasteiger partial charge >= 0.3 is 0 Å². The van der Waals surface area contributed by atoms with E-state index in [1.165, 1.54) is 0 Å². The van der Waals surface area contributed by atoms with E-state index in [0.717, 1.165) is 24.6 Å². The molecule has 1 rings (SSSR count). The van der Waals surface area contributed by atoms with Crippen LogP contribution in [0.1, 0.15) is 18.2 Å². The van der Waals surface area contributed by atoms with Gasteiger partial charge in [0.25, 0.3) is 0 Å². The van der Waals surface area contributed by atoms with E-state index in [-0.39, 0.29) is 5.84 Å². The average Bonchev–Trinajstić information content (AvgIpc) is 2.65. The minimum absolute atomic E-state index is 0.0754. The van der Waals surface area contributed by atoms with E-state index in [1.54, 1.807) is 11.8 Å². The van der Waals surface area contributed by atoms with Crippen LogP contribution >= 0.6 is 0 Å². The first-order valence-corrected chi connectivity index (χ1v) is 5.82. The summed E-state index contributed by atoms with van der Waals surface area (Å²) in [4.78, 5) is 2.08. The lowest BCUT2D eigenvalue weighted by atomic mass is 10.2. The van der Waals surface area contributed by atoms with Gasteiger partial charge in [-0.3, -0.25) is 4.68 Å². The molecule has 7 heteroatoms. The summed E-state index contributed by atoms with van der Waals surface area (Å²) in [5, 5.41) is 16.3. The summed E-state index contributed by atoms with van der Waals surface area (Å²) in [6, 6.07) is 0. The Bertz CT molecular complexity index is 427. The number of aromatic nitrogens is 2. The minimum Gasteiger partial charge on any atom is -0.409 e. The van der Waals surface area contributed by atoms with Crippen LogP contribution < -0.4 is 10.6 Å². The molecule has 0 bridgehead atoms. The van der Waals surface area contributed by atoms with Crippen molar-refractivity contribution in [3.8, 4) is 0 Å². The highest BCUT2D eigenvalue weighted by Crippen LogP contribution is 2.22. The Kier molecular flexibility index (Phi) is 4.96. The first-order valence-electron chi connectivity index (χ1n) is 5.82. The van der Waals surface area contributed by atoms with E-state index in [1.807, 2.05) is 20.9 Å². The van der Waals surface area contributed by atoms with Crippen LogP contribution in [0.15, 0.2) is 5.16 Å². The van der Waals surface area contributed by atoms with Crippen LogP contribution in [0, 0.1) is 6.92 Å². The molecule has 7 nitrogen and oxygen atoms in total. The molecule has 102 valence electrons. The molecule has 1 aromatic heterocycles. The summed E-state index contributed by atoms with van der Waals surface area (Å²) < 4.78 is 6.82. The molecular weight excluding hydrogens is 234 g/mol. The molecule has 0 saturated carbocycles. The van der Waals surface area contributed by atoms with Gasteiger partial charge in [0.1, 0.15) is 5.82 Å². The average molecular weight is 255 g/mol. The minimum atomic E-state index is 0.0754. The first-order chi connectivity index (χ1) is 8.56. The van der Waals surface area contributed by atoms with Crippen molar-refractivity contribution < 1.29 is 9.94 Å². The summed E-state index contributed by atoms with van der Waals surface area (Å²) in [6.07, 6.45) is 0. The standard InChI is InChI=1S/C11H21N5O2/c1-5-16(6-7-18-4)11-9(10(12)14-17)8(2)13-15(11)3/h17H,5-7H2,1-4H3,(H2,12,14). The van der Waals surface area contributed by atoms with Crippen LogP contribution in [0.2, 0.25) is 0 Å². The van der Waals surface area contributed by atoms with Crippen LogP contribution in [0.4, 0.5) is 5.82 Å². The zero-order valence-electron chi connectivity index (χ0n) is 11.3. The molecule has 1 heterocycles. The molecule has 0 aromatic carbocycles. The number of methoxy groups -OCH3 is 1. The number of amidine groups is 1. The lowest BCUT2D eigenvalue weighted by Crippen LogP contribution is -2.31. The highest BCUT2D eigenvalue weighted by Gasteiger charge is 2.21. The van der Waals surface area contributed by atoms with Crippen LogP contribution in [0.3, 0.4) is 0 Å². The molecule has 0 aliphatic heterocycles. The van der Waals surface area contributed by atoms with Crippen molar-refractivity contribution in [1.29, 1.82) is 0 Å². The number of hydrogen-bond donors (Lipinski definition) is 2. The van der Waals surface area contributed by atoms with Gasteiger partial charge in [-0.2, -0.15) is 5.10 Å². The molecule has 0 saturated heterocycles. The number of likely N-dealkylation sites (N-methyl/N-ethyl adjacent to an activating group) is 1. The quantitative estimate of drug-likeness (QED) is 0.330. The van der Waals surface area contributed by atoms with Crippen LogP contribution in [-0.2, 0) is 11.8 Å². The Balaban J connectivity index is 3.20. The van der Waals surface area contributed by atoms with Crippen LogP contribution in [0.25, 0.3) is 0 Å². The Hall–Kier alpha value is -1.76. The van der Waals surface area contributed by atoms with Crippen molar-refractivity contribution in [3.05, 3.63) is 11.3 Å². The monoisotopic (exact) mass is 255 g/mol. The third-order valence-corrected chi connectivity index (χ3v) is 2.80. The van der Waals surface area contributed by atoms with Crippen molar-refractivity contribution in [2.24, 2.45) is 17.9 Å². The molecule has 1 aromatic rings. The Morgan fingerprint density at radius 3 is 2.78 bits per heavy atom. The zero-order chi connectivity index (χ0) is 13.7. The maximum atomic E-state index is 8.86. The van der Waals surface area contributed by atoms with Gasteiger partial charge in [-0.05, 0) is 13.8 Å². The predicted octanol–water partition coefficient (Wildman–Crippen LogP) is 0.296. The number of hydrogen-bond acceptors (Lipinski definition) is 5. The number of nitrogens with zero attached hydrogens (tertiary/aromatic N) is 4. The van der Waals surface area contributed by atoms with E-state index in [9.17, 15) is 0 Å². The maximum Gasteiger partial charge on any atom is 0.175 e. The fourth-order valence-corrected chi connectivity index (χ4v) is 1.97. The number of oxime groups is 1. The Morgan fingerprint density at radius 2 is 2.28 bits per heavy atom. The fraction of sp³-hybridized carbons (Fsp3) is 0.636. The molecular formula is C11H21N5O2. The molecule has 0 radical (unpaired) electrons. The van der Waals surface area contributed by atoms with E-state index < -0.39 is 0 Å². The smallest absolute Gasteiger partial charge is 0.175 e. The van der Waals surface area contributed by atoms with Crippen LogP contribution in [0.5, 0.6) is 0 Å². The first kappa shape index (κ1) is 14.3. The molecule has 3 N–H and O–H groups in total. The van der Waals surface area contributed by atoms with Crippen molar-refractivity contribution in [1.82, 2.24) is 9.78 Å². The van der Waals surface area contributed by atoms with Gasteiger partial charge in [-0.25, -0.2) is 0 Å². The topological polar surface area (TPSA) is 88.9 Å². The molecule has 0 amide bonds.